The summed E-state index contributed by atoms with van der Waals surface area (Å²) in [7, 11) is 0. The van der Waals surface area contributed by atoms with Crippen LogP contribution in [0.1, 0.15) is 10.4 Å². The zero-order valence-corrected chi connectivity index (χ0v) is 13.9. The van der Waals surface area contributed by atoms with Crippen molar-refractivity contribution in [3.63, 3.8) is 0 Å². The summed E-state index contributed by atoms with van der Waals surface area (Å²) < 4.78 is 0. The van der Waals surface area contributed by atoms with Crippen LogP contribution in [0.2, 0.25) is 5.02 Å². The Balaban J connectivity index is 1.48. The summed E-state index contributed by atoms with van der Waals surface area (Å²) in [5, 5.41) is 1.19. The van der Waals surface area contributed by atoms with Gasteiger partial charge in [0.25, 0.3) is 5.91 Å². The SMILES string of the molecule is O=C(CSc1nc2ccccc2[nH]1)NNC(=O)c1ccc(Cl)cc1. The molecule has 0 saturated heterocycles. The van der Waals surface area contributed by atoms with Crippen molar-refractivity contribution in [3.8, 4) is 0 Å². The molecule has 2 aromatic carbocycles. The molecule has 3 aromatic rings. The summed E-state index contributed by atoms with van der Waals surface area (Å²) in [5.41, 5.74) is 6.89. The van der Waals surface area contributed by atoms with Crippen LogP contribution in [0.5, 0.6) is 0 Å². The maximum absolute atomic E-state index is 11.9. The number of imidazole rings is 1. The number of thioether (sulfide) groups is 1. The van der Waals surface area contributed by atoms with Crippen LogP contribution in [0.15, 0.2) is 53.7 Å². The topological polar surface area (TPSA) is 86.9 Å². The highest BCUT2D eigenvalue weighted by Crippen LogP contribution is 2.18. The maximum Gasteiger partial charge on any atom is 0.269 e. The molecule has 2 amide bonds. The average Bonchev–Trinajstić information content (AvgIpc) is 3.01. The van der Waals surface area contributed by atoms with Crippen LogP contribution >= 0.6 is 23.4 Å². The number of aromatic amines is 1. The van der Waals surface area contributed by atoms with Crippen molar-refractivity contribution >= 4 is 46.2 Å². The molecule has 0 aliphatic heterocycles. The second-order valence-electron chi connectivity index (χ2n) is 4.86. The molecule has 0 saturated carbocycles. The number of halogens is 1. The third-order valence-electron chi connectivity index (χ3n) is 3.13. The molecule has 3 N–H and O–H groups in total. The number of nitrogens with zero attached hydrogens (tertiary/aromatic N) is 1. The Bertz CT molecular complexity index is 846. The Morgan fingerprint density at radius 3 is 2.58 bits per heavy atom. The molecule has 122 valence electrons. The second kappa shape index (κ2) is 7.37. The normalized spacial score (nSPS) is 10.5. The lowest BCUT2D eigenvalue weighted by atomic mass is 10.2. The first-order valence-corrected chi connectivity index (χ1v) is 8.40. The summed E-state index contributed by atoms with van der Waals surface area (Å²) in [6, 6.07) is 14.0. The number of rotatable bonds is 4. The van der Waals surface area contributed by atoms with Crippen molar-refractivity contribution < 1.29 is 9.59 Å². The average molecular weight is 361 g/mol. The lowest BCUT2D eigenvalue weighted by Gasteiger charge is -2.06. The number of hydrogen-bond acceptors (Lipinski definition) is 4. The number of aromatic nitrogens is 2. The van der Waals surface area contributed by atoms with Crippen molar-refractivity contribution in [2.24, 2.45) is 0 Å². The van der Waals surface area contributed by atoms with Gasteiger partial charge in [0.2, 0.25) is 5.91 Å². The quantitative estimate of drug-likeness (QED) is 0.493. The van der Waals surface area contributed by atoms with Crippen LogP contribution in [0.25, 0.3) is 11.0 Å². The van der Waals surface area contributed by atoms with Gasteiger partial charge in [-0.2, -0.15) is 0 Å². The van der Waals surface area contributed by atoms with E-state index in [1.54, 1.807) is 24.3 Å². The fourth-order valence-corrected chi connectivity index (χ4v) is 2.78. The maximum atomic E-state index is 11.9. The Kier molecular flexibility index (Phi) is 5.02. The number of benzene rings is 2. The van der Waals surface area contributed by atoms with Crippen LogP contribution in [-0.4, -0.2) is 27.5 Å². The van der Waals surface area contributed by atoms with Crippen molar-refractivity contribution in [2.75, 3.05) is 5.75 Å². The van der Waals surface area contributed by atoms with Gasteiger partial charge in [-0.3, -0.25) is 20.4 Å². The largest absolute Gasteiger partial charge is 0.333 e. The molecule has 24 heavy (non-hydrogen) atoms. The van der Waals surface area contributed by atoms with E-state index in [1.165, 1.54) is 11.8 Å². The van der Waals surface area contributed by atoms with Crippen LogP contribution in [0.3, 0.4) is 0 Å². The van der Waals surface area contributed by atoms with Gasteiger partial charge in [0.1, 0.15) is 0 Å². The predicted molar refractivity (Wildman–Crippen MR) is 93.9 cm³/mol. The molecule has 0 aliphatic carbocycles. The molecule has 0 radical (unpaired) electrons. The minimum atomic E-state index is -0.409. The molecule has 6 nitrogen and oxygen atoms in total. The van der Waals surface area contributed by atoms with Crippen LogP contribution < -0.4 is 10.9 Å². The van der Waals surface area contributed by atoms with Gasteiger partial charge in [0.05, 0.1) is 16.8 Å². The molecule has 1 aromatic heterocycles. The van der Waals surface area contributed by atoms with Gasteiger partial charge in [0, 0.05) is 10.6 Å². The van der Waals surface area contributed by atoms with Crippen LogP contribution in [0.4, 0.5) is 0 Å². The van der Waals surface area contributed by atoms with Crippen LogP contribution in [-0.2, 0) is 4.79 Å². The summed E-state index contributed by atoms with van der Waals surface area (Å²) in [5.74, 6) is -0.614. The monoisotopic (exact) mass is 360 g/mol. The van der Waals surface area contributed by atoms with Crippen LogP contribution in [0, 0.1) is 0 Å². The number of para-hydroxylation sites is 2. The molecule has 0 spiro atoms. The lowest BCUT2D eigenvalue weighted by molar-refractivity contribution is -0.119. The van der Waals surface area contributed by atoms with Gasteiger partial charge in [-0.1, -0.05) is 35.5 Å². The Labute approximate surface area is 147 Å². The molecule has 8 heteroatoms. The molecule has 0 aliphatic rings. The number of amides is 2. The predicted octanol–water partition coefficient (Wildman–Crippen LogP) is 2.77. The molecule has 1 heterocycles. The first-order valence-electron chi connectivity index (χ1n) is 7.04. The van der Waals surface area contributed by atoms with Crippen molar-refractivity contribution in [3.05, 3.63) is 59.1 Å². The highest BCUT2D eigenvalue weighted by atomic mass is 35.5. The zero-order chi connectivity index (χ0) is 16.9. The highest BCUT2D eigenvalue weighted by molar-refractivity contribution is 7.99. The van der Waals surface area contributed by atoms with E-state index in [9.17, 15) is 9.59 Å². The van der Waals surface area contributed by atoms with Gasteiger partial charge in [-0.15, -0.1) is 0 Å². The minimum Gasteiger partial charge on any atom is -0.333 e. The lowest BCUT2D eigenvalue weighted by Crippen LogP contribution is -2.42. The first-order chi connectivity index (χ1) is 11.6. The van der Waals surface area contributed by atoms with Crippen molar-refractivity contribution in [1.82, 2.24) is 20.8 Å². The molecule has 3 rings (SSSR count). The summed E-state index contributed by atoms with van der Waals surface area (Å²) >= 11 is 7.02. The van der Waals surface area contributed by atoms with Gasteiger partial charge in [-0.05, 0) is 36.4 Å². The summed E-state index contributed by atoms with van der Waals surface area (Å²) in [6.07, 6.45) is 0. The second-order valence-corrected chi connectivity index (χ2v) is 6.26. The minimum absolute atomic E-state index is 0.126. The van der Waals surface area contributed by atoms with Crippen molar-refractivity contribution in [1.29, 1.82) is 0 Å². The smallest absolute Gasteiger partial charge is 0.269 e. The Hall–Kier alpha value is -2.51. The molecular weight excluding hydrogens is 348 g/mol. The standard InChI is InChI=1S/C16H13ClN4O2S/c17-11-7-5-10(6-8-11)15(23)21-20-14(22)9-24-16-18-12-3-1-2-4-13(12)19-16/h1-8H,9H2,(H,18,19)(H,20,22)(H,21,23). The number of carbonyl (C=O) groups is 2. The van der Waals surface area contributed by atoms with E-state index in [0.29, 0.717) is 15.7 Å². The Morgan fingerprint density at radius 2 is 1.83 bits per heavy atom. The first kappa shape index (κ1) is 16.4. The fraction of sp³-hybridized carbons (Fsp3) is 0.0625. The number of H-pyrrole nitrogens is 1. The fourth-order valence-electron chi connectivity index (χ4n) is 1.97. The third-order valence-corrected chi connectivity index (χ3v) is 4.25. The zero-order valence-electron chi connectivity index (χ0n) is 12.4. The number of hydrogen-bond donors (Lipinski definition) is 3. The van der Waals surface area contributed by atoms with E-state index in [4.69, 9.17) is 11.6 Å². The summed E-state index contributed by atoms with van der Waals surface area (Å²) in [4.78, 5) is 31.2. The van der Waals surface area contributed by atoms with Gasteiger partial charge >= 0.3 is 0 Å². The van der Waals surface area contributed by atoms with E-state index in [0.717, 1.165) is 11.0 Å². The van der Waals surface area contributed by atoms with E-state index in [2.05, 4.69) is 20.8 Å². The number of nitrogens with one attached hydrogen (secondary N) is 3. The Morgan fingerprint density at radius 1 is 1.08 bits per heavy atom. The van der Waals surface area contributed by atoms with Gasteiger partial charge < -0.3 is 4.98 Å². The molecular formula is C16H13ClN4O2S. The van der Waals surface area contributed by atoms with Gasteiger partial charge in [-0.25, -0.2) is 4.98 Å². The van der Waals surface area contributed by atoms with E-state index in [-0.39, 0.29) is 11.7 Å². The molecule has 0 fully saturated rings. The van der Waals surface area contributed by atoms with Crippen molar-refractivity contribution in [2.45, 2.75) is 5.16 Å². The molecule has 0 unspecified atom stereocenters. The summed E-state index contributed by atoms with van der Waals surface area (Å²) in [6.45, 7) is 0. The highest BCUT2D eigenvalue weighted by Gasteiger charge is 2.09. The van der Waals surface area contributed by atoms with Gasteiger partial charge in [0.15, 0.2) is 5.16 Å². The number of carbonyl (C=O) groups excluding carboxylic acids is 2. The molecule has 0 bridgehead atoms. The third kappa shape index (κ3) is 4.06. The molecule has 0 atom stereocenters. The van der Waals surface area contributed by atoms with E-state index < -0.39 is 5.91 Å². The van der Waals surface area contributed by atoms with E-state index in [1.807, 2.05) is 24.3 Å². The number of hydrazine groups is 1. The van der Waals surface area contributed by atoms with E-state index >= 15 is 0 Å². The number of fused-ring (bicyclic) bond motifs is 1.